The van der Waals surface area contributed by atoms with Crippen LogP contribution >= 0.6 is 12.2 Å². The molecule has 0 bridgehead atoms. The summed E-state index contributed by atoms with van der Waals surface area (Å²) in [5.41, 5.74) is 2.17. The van der Waals surface area contributed by atoms with Gasteiger partial charge >= 0.3 is 0 Å². The highest BCUT2D eigenvalue weighted by molar-refractivity contribution is 7.78. The van der Waals surface area contributed by atoms with Crippen LogP contribution in [-0.4, -0.2) is 42.9 Å². The standard InChI is InChI=1S/C13H16N2OS/c17-11-14-13-4-2-1-3-12(13)5-6-15-7-9-16-10-8-15/h1-4H,5-10H2. The van der Waals surface area contributed by atoms with Gasteiger partial charge in [0.1, 0.15) is 0 Å². The van der Waals surface area contributed by atoms with Crippen LogP contribution in [0.3, 0.4) is 0 Å². The highest BCUT2D eigenvalue weighted by atomic mass is 32.1. The second-order valence-electron chi connectivity index (χ2n) is 4.04. The Labute approximate surface area is 107 Å². The lowest BCUT2D eigenvalue weighted by Gasteiger charge is -2.26. The maximum atomic E-state index is 5.33. The van der Waals surface area contributed by atoms with E-state index in [1.54, 1.807) is 0 Å². The summed E-state index contributed by atoms with van der Waals surface area (Å²) < 4.78 is 5.33. The third kappa shape index (κ3) is 3.72. The lowest BCUT2D eigenvalue weighted by atomic mass is 10.1. The van der Waals surface area contributed by atoms with E-state index in [1.165, 1.54) is 5.56 Å². The molecule has 1 aliphatic heterocycles. The Bertz CT molecular complexity index is 410. The zero-order valence-electron chi connectivity index (χ0n) is 9.76. The van der Waals surface area contributed by atoms with Gasteiger partial charge in [0.25, 0.3) is 0 Å². The van der Waals surface area contributed by atoms with E-state index in [0.29, 0.717) is 0 Å². The third-order valence-corrected chi connectivity index (χ3v) is 3.05. The highest BCUT2D eigenvalue weighted by Crippen LogP contribution is 2.18. The first-order chi connectivity index (χ1) is 8.40. The van der Waals surface area contributed by atoms with Crippen molar-refractivity contribution in [3.05, 3.63) is 29.8 Å². The van der Waals surface area contributed by atoms with Crippen LogP contribution in [-0.2, 0) is 11.2 Å². The predicted octanol–water partition coefficient (Wildman–Crippen LogP) is 2.30. The smallest absolute Gasteiger partial charge is 0.0771 e. The second-order valence-corrected chi connectivity index (χ2v) is 4.22. The number of ether oxygens (including phenoxy) is 1. The topological polar surface area (TPSA) is 24.8 Å². The van der Waals surface area contributed by atoms with E-state index >= 15 is 0 Å². The minimum Gasteiger partial charge on any atom is -0.379 e. The van der Waals surface area contributed by atoms with Crippen LogP contribution in [0.15, 0.2) is 29.3 Å². The fourth-order valence-electron chi connectivity index (χ4n) is 1.98. The molecule has 0 spiro atoms. The number of para-hydroxylation sites is 1. The number of rotatable bonds is 4. The maximum absolute atomic E-state index is 5.33. The SMILES string of the molecule is S=C=Nc1ccccc1CCN1CCOCC1. The van der Waals surface area contributed by atoms with Gasteiger partial charge in [0.2, 0.25) is 0 Å². The van der Waals surface area contributed by atoms with Gasteiger partial charge in [0.15, 0.2) is 0 Å². The molecule has 1 fully saturated rings. The number of aliphatic imine (C=N–C) groups is 1. The molecule has 2 rings (SSSR count). The molecule has 1 heterocycles. The molecule has 0 radical (unpaired) electrons. The summed E-state index contributed by atoms with van der Waals surface area (Å²) in [5, 5.41) is 2.44. The van der Waals surface area contributed by atoms with Crippen molar-refractivity contribution < 1.29 is 4.74 Å². The molecule has 0 saturated carbocycles. The molecule has 0 N–H and O–H groups in total. The average molecular weight is 248 g/mol. The van der Waals surface area contributed by atoms with E-state index in [-0.39, 0.29) is 0 Å². The lowest BCUT2D eigenvalue weighted by molar-refractivity contribution is 0.0384. The summed E-state index contributed by atoms with van der Waals surface area (Å²) in [5.74, 6) is 0. The van der Waals surface area contributed by atoms with Crippen molar-refractivity contribution in [1.29, 1.82) is 0 Å². The van der Waals surface area contributed by atoms with Gasteiger partial charge < -0.3 is 4.74 Å². The minimum atomic E-state index is 0.847. The van der Waals surface area contributed by atoms with Crippen molar-refractivity contribution in [2.75, 3.05) is 32.8 Å². The molecule has 3 nitrogen and oxygen atoms in total. The lowest BCUT2D eigenvalue weighted by Crippen LogP contribution is -2.37. The molecule has 1 aromatic rings. The fraction of sp³-hybridized carbons (Fsp3) is 0.462. The molecule has 1 saturated heterocycles. The molecular formula is C13H16N2OS. The Balaban J connectivity index is 1.95. The molecule has 0 amide bonds. The molecule has 90 valence electrons. The molecule has 17 heavy (non-hydrogen) atoms. The van der Waals surface area contributed by atoms with Crippen LogP contribution in [0.1, 0.15) is 5.56 Å². The zero-order chi connectivity index (χ0) is 11.9. The first kappa shape index (κ1) is 12.4. The average Bonchev–Trinajstić information content (AvgIpc) is 2.39. The van der Waals surface area contributed by atoms with Crippen molar-refractivity contribution in [2.45, 2.75) is 6.42 Å². The summed E-state index contributed by atoms with van der Waals surface area (Å²) in [6.07, 6.45) is 0.997. The van der Waals surface area contributed by atoms with Gasteiger partial charge in [-0.1, -0.05) is 18.2 Å². The van der Waals surface area contributed by atoms with Gasteiger partial charge in [-0.05, 0) is 30.3 Å². The van der Waals surface area contributed by atoms with Gasteiger partial charge in [-0.15, -0.1) is 0 Å². The van der Waals surface area contributed by atoms with Crippen molar-refractivity contribution in [2.24, 2.45) is 4.99 Å². The van der Waals surface area contributed by atoms with E-state index in [4.69, 9.17) is 4.74 Å². The van der Waals surface area contributed by atoms with Gasteiger partial charge in [-0.2, -0.15) is 4.99 Å². The van der Waals surface area contributed by atoms with Gasteiger partial charge in [0.05, 0.1) is 24.1 Å². The van der Waals surface area contributed by atoms with E-state index in [9.17, 15) is 0 Å². The molecule has 1 aliphatic rings. The van der Waals surface area contributed by atoms with Gasteiger partial charge in [-0.3, -0.25) is 4.90 Å². The van der Waals surface area contributed by atoms with Crippen LogP contribution < -0.4 is 0 Å². The van der Waals surface area contributed by atoms with Gasteiger partial charge in [0, 0.05) is 19.6 Å². The number of morpholine rings is 1. The molecule has 0 atom stereocenters. The van der Waals surface area contributed by atoms with E-state index < -0.39 is 0 Å². The second kappa shape index (κ2) is 6.62. The Kier molecular flexibility index (Phi) is 4.83. The molecular weight excluding hydrogens is 232 g/mol. The normalized spacial score (nSPS) is 16.5. The van der Waals surface area contributed by atoms with E-state index in [0.717, 1.165) is 45.0 Å². The maximum Gasteiger partial charge on any atom is 0.0771 e. The number of hydrogen-bond donors (Lipinski definition) is 0. The van der Waals surface area contributed by atoms with Gasteiger partial charge in [-0.25, -0.2) is 0 Å². The van der Waals surface area contributed by atoms with E-state index in [2.05, 4.69) is 33.3 Å². The summed E-state index contributed by atoms with van der Waals surface area (Å²) in [7, 11) is 0. The van der Waals surface area contributed by atoms with Crippen molar-refractivity contribution in [3.8, 4) is 0 Å². The minimum absolute atomic E-state index is 0.847. The zero-order valence-corrected chi connectivity index (χ0v) is 10.6. The van der Waals surface area contributed by atoms with Crippen molar-refractivity contribution >= 4 is 23.1 Å². The van der Waals surface area contributed by atoms with Crippen LogP contribution in [0, 0.1) is 0 Å². The Hall–Kier alpha value is -1.06. The monoisotopic (exact) mass is 248 g/mol. The third-order valence-electron chi connectivity index (χ3n) is 2.96. The Morgan fingerprint density at radius 2 is 2.06 bits per heavy atom. The van der Waals surface area contributed by atoms with Crippen molar-refractivity contribution in [1.82, 2.24) is 4.90 Å². The summed E-state index contributed by atoms with van der Waals surface area (Å²) >= 11 is 4.66. The largest absolute Gasteiger partial charge is 0.379 e. The highest BCUT2D eigenvalue weighted by Gasteiger charge is 2.10. The fourth-order valence-corrected chi connectivity index (χ4v) is 2.08. The number of thiocarbonyl (C=S) groups is 1. The molecule has 0 aliphatic carbocycles. The first-order valence-electron chi connectivity index (χ1n) is 5.86. The Morgan fingerprint density at radius 3 is 2.82 bits per heavy atom. The van der Waals surface area contributed by atoms with Crippen LogP contribution in [0.4, 0.5) is 5.69 Å². The van der Waals surface area contributed by atoms with Crippen LogP contribution in [0.25, 0.3) is 0 Å². The molecule has 0 aromatic heterocycles. The molecule has 1 aromatic carbocycles. The van der Waals surface area contributed by atoms with Crippen LogP contribution in [0.5, 0.6) is 0 Å². The van der Waals surface area contributed by atoms with Crippen LogP contribution in [0.2, 0.25) is 0 Å². The first-order valence-corrected chi connectivity index (χ1v) is 6.27. The molecule has 4 heteroatoms. The Morgan fingerprint density at radius 1 is 1.29 bits per heavy atom. The molecule has 0 unspecified atom stereocenters. The summed E-state index contributed by atoms with van der Waals surface area (Å²) in [4.78, 5) is 6.51. The number of isothiocyanates is 1. The summed E-state index contributed by atoms with van der Waals surface area (Å²) in [6.45, 7) is 4.80. The van der Waals surface area contributed by atoms with Crippen molar-refractivity contribution in [3.63, 3.8) is 0 Å². The summed E-state index contributed by atoms with van der Waals surface area (Å²) in [6, 6.07) is 8.10. The predicted molar refractivity (Wildman–Crippen MR) is 72.1 cm³/mol. The number of hydrogen-bond acceptors (Lipinski definition) is 4. The quantitative estimate of drug-likeness (QED) is 0.604. The number of nitrogens with zero attached hydrogens (tertiary/aromatic N) is 2. The number of benzene rings is 1. The van der Waals surface area contributed by atoms with E-state index in [1.807, 2.05) is 18.2 Å².